The Kier molecular flexibility index (Phi) is 3.10. The second kappa shape index (κ2) is 3.58. The maximum atomic E-state index is 11.3. The first-order valence-corrected chi connectivity index (χ1v) is 5.92. The van der Waals surface area contributed by atoms with E-state index in [9.17, 15) is 4.79 Å². The minimum atomic E-state index is -0.0844. The van der Waals surface area contributed by atoms with E-state index in [2.05, 4.69) is 35.1 Å². The van der Waals surface area contributed by atoms with E-state index in [0.29, 0.717) is 6.04 Å². The molecule has 1 rings (SSSR count). The van der Waals surface area contributed by atoms with E-state index in [1.54, 1.807) is 0 Å². The van der Waals surface area contributed by atoms with Gasteiger partial charge >= 0.3 is 0 Å². The lowest BCUT2D eigenvalue weighted by molar-refractivity contribution is -0.121. The maximum Gasteiger partial charge on any atom is 0.233 e. The SMILES string of the molecule is CC(Br)C(=O)NC1CSC1(C)C. The van der Waals surface area contributed by atoms with Crippen molar-refractivity contribution in [2.75, 3.05) is 5.75 Å². The zero-order valence-corrected chi connectivity index (χ0v) is 9.96. The summed E-state index contributed by atoms with van der Waals surface area (Å²) >= 11 is 5.13. The van der Waals surface area contributed by atoms with Crippen molar-refractivity contribution < 1.29 is 4.79 Å². The zero-order chi connectivity index (χ0) is 9.35. The first-order chi connectivity index (χ1) is 5.43. The predicted octanol–water partition coefficient (Wildman–Crippen LogP) is 1.78. The second-order valence-corrected chi connectivity index (χ2v) is 6.64. The standard InChI is InChI=1S/C8H14BrNOS/c1-5(9)7(11)10-6-4-12-8(6,2)3/h5-6H,4H2,1-3H3,(H,10,11). The molecule has 2 nitrogen and oxygen atoms in total. The summed E-state index contributed by atoms with van der Waals surface area (Å²) in [5.74, 6) is 1.13. The molecule has 0 spiro atoms. The first-order valence-electron chi connectivity index (χ1n) is 4.02. The Bertz CT molecular complexity index is 193. The molecule has 4 heteroatoms. The summed E-state index contributed by atoms with van der Waals surface area (Å²) in [6, 6.07) is 0.343. The Hall–Kier alpha value is 0.300. The van der Waals surface area contributed by atoms with Gasteiger partial charge in [0.1, 0.15) is 0 Å². The quantitative estimate of drug-likeness (QED) is 0.759. The number of hydrogen-bond acceptors (Lipinski definition) is 2. The number of carbonyl (C=O) groups is 1. The molecule has 1 heterocycles. The molecule has 0 aromatic carbocycles. The van der Waals surface area contributed by atoms with Crippen LogP contribution in [0.3, 0.4) is 0 Å². The van der Waals surface area contributed by atoms with E-state index in [1.807, 2.05) is 18.7 Å². The third-order valence-electron chi connectivity index (χ3n) is 2.14. The summed E-state index contributed by atoms with van der Waals surface area (Å²) < 4.78 is 0.220. The smallest absolute Gasteiger partial charge is 0.233 e. The lowest BCUT2D eigenvalue weighted by atomic mass is 10.0. The van der Waals surface area contributed by atoms with Crippen LogP contribution in [0.2, 0.25) is 0 Å². The number of thioether (sulfide) groups is 1. The number of rotatable bonds is 2. The van der Waals surface area contributed by atoms with Crippen molar-refractivity contribution in [1.29, 1.82) is 0 Å². The lowest BCUT2D eigenvalue weighted by Gasteiger charge is -2.44. The van der Waals surface area contributed by atoms with E-state index < -0.39 is 0 Å². The fraction of sp³-hybridized carbons (Fsp3) is 0.875. The summed E-state index contributed by atoms with van der Waals surface area (Å²) in [7, 11) is 0. The van der Waals surface area contributed by atoms with Gasteiger partial charge < -0.3 is 5.32 Å². The molecule has 0 saturated carbocycles. The Balaban J connectivity index is 2.38. The van der Waals surface area contributed by atoms with Crippen LogP contribution >= 0.6 is 27.7 Å². The third kappa shape index (κ3) is 2.16. The molecule has 1 N–H and O–H groups in total. The van der Waals surface area contributed by atoms with Crippen LogP contribution in [-0.4, -0.2) is 27.3 Å². The summed E-state index contributed by atoms with van der Waals surface area (Å²) in [6.45, 7) is 6.16. The van der Waals surface area contributed by atoms with Gasteiger partial charge in [0.2, 0.25) is 5.91 Å². The maximum absolute atomic E-state index is 11.3. The molecule has 0 radical (unpaired) electrons. The summed E-state index contributed by atoms with van der Waals surface area (Å²) in [5, 5.41) is 3.00. The molecule has 1 fully saturated rings. The van der Waals surface area contributed by atoms with Crippen LogP contribution in [-0.2, 0) is 4.79 Å². The molecule has 0 aliphatic carbocycles. The van der Waals surface area contributed by atoms with Gasteiger partial charge in [0, 0.05) is 10.5 Å². The van der Waals surface area contributed by atoms with Gasteiger partial charge in [-0.25, -0.2) is 0 Å². The van der Waals surface area contributed by atoms with Gasteiger partial charge in [-0.3, -0.25) is 4.79 Å². The third-order valence-corrected chi connectivity index (χ3v) is 4.08. The van der Waals surface area contributed by atoms with Gasteiger partial charge in [0.25, 0.3) is 0 Å². The van der Waals surface area contributed by atoms with Crippen LogP contribution in [0.25, 0.3) is 0 Å². The van der Waals surface area contributed by atoms with Crippen molar-refractivity contribution in [1.82, 2.24) is 5.32 Å². The molecule has 2 unspecified atom stereocenters. The van der Waals surface area contributed by atoms with Crippen LogP contribution < -0.4 is 5.32 Å². The molecular weight excluding hydrogens is 238 g/mol. The topological polar surface area (TPSA) is 29.1 Å². The van der Waals surface area contributed by atoms with Crippen molar-refractivity contribution in [3.63, 3.8) is 0 Å². The van der Waals surface area contributed by atoms with Gasteiger partial charge in [-0.1, -0.05) is 15.9 Å². The molecule has 70 valence electrons. The Labute approximate surface area is 86.0 Å². The van der Waals surface area contributed by atoms with Crippen LogP contribution in [0.4, 0.5) is 0 Å². The zero-order valence-electron chi connectivity index (χ0n) is 7.56. The predicted molar refractivity (Wildman–Crippen MR) is 56.9 cm³/mol. The molecule has 0 aromatic heterocycles. The van der Waals surface area contributed by atoms with Gasteiger partial charge in [0.05, 0.1) is 10.9 Å². The fourth-order valence-corrected chi connectivity index (χ4v) is 2.28. The van der Waals surface area contributed by atoms with E-state index in [-0.39, 0.29) is 15.5 Å². The van der Waals surface area contributed by atoms with Crippen LogP contribution in [0.5, 0.6) is 0 Å². The molecule has 0 bridgehead atoms. The monoisotopic (exact) mass is 251 g/mol. The number of amides is 1. The Morgan fingerprint density at radius 3 is 2.58 bits per heavy atom. The number of carbonyl (C=O) groups excluding carboxylic acids is 1. The molecular formula is C8H14BrNOS. The average molecular weight is 252 g/mol. The highest BCUT2D eigenvalue weighted by Gasteiger charge is 2.40. The molecule has 12 heavy (non-hydrogen) atoms. The highest BCUT2D eigenvalue weighted by molar-refractivity contribution is 9.10. The van der Waals surface area contributed by atoms with Crippen LogP contribution in [0.15, 0.2) is 0 Å². The summed E-state index contributed by atoms with van der Waals surface area (Å²) in [6.07, 6.45) is 0. The number of halogens is 1. The van der Waals surface area contributed by atoms with Crippen LogP contribution in [0, 0.1) is 0 Å². The molecule has 1 aliphatic heterocycles. The first kappa shape index (κ1) is 10.4. The lowest BCUT2D eigenvalue weighted by Crippen LogP contribution is -2.57. The van der Waals surface area contributed by atoms with E-state index in [0.717, 1.165) is 5.75 Å². The van der Waals surface area contributed by atoms with Crippen molar-refractivity contribution >= 4 is 33.6 Å². The highest BCUT2D eigenvalue weighted by Crippen LogP contribution is 2.39. The number of alkyl halides is 1. The normalized spacial score (nSPS) is 28.8. The average Bonchev–Trinajstić information content (AvgIpc) is 1.97. The van der Waals surface area contributed by atoms with Crippen molar-refractivity contribution in [2.45, 2.75) is 36.4 Å². The summed E-state index contributed by atoms with van der Waals surface area (Å²) in [5.41, 5.74) is 0. The molecule has 0 aromatic rings. The van der Waals surface area contributed by atoms with E-state index in [4.69, 9.17) is 0 Å². The number of hydrogen-bond donors (Lipinski definition) is 1. The molecule has 1 amide bonds. The van der Waals surface area contributed by atoms with Gasteiger partial charge in [-0.2, -0.15) is 11.8 Å². The molecule has 2 atom stereocenters. The second-order valence-electron chi connectivity index (χ2n) is 3.59. The van der Waals surface area contributed by atoms with E-state index in [1.165, 1.54) is 0 Å². The van der Waals surface area contributed by atoms with Gasteiger partial charge in [-0.15, -0.1) is 0 Å². The highest BCUT2D eigenvalue weighted by atomic mass is 79.9. The summed E-state index contributed by atoms with van der Waals surface area (Å²) in [4.78, 5) is 11.2. The fourth-order valence-electron chi connectivity index (χ4n) is 1.00. The Morgan fingerprint density at radius 1 is 1.75 bits per heavy atom. The van der Waals surface area contributed by atoms with Gasteiger partial charge in [-0.05, 0) is 20.8 Å². The van der Waals surface area contributed by atoms with Crippen LogP contribution in [0.1, 0.15) is 20.8 Å². The molecule has 1 aliphatic rings. The number of nitrogens with one attached hydrogen (secondary N) is 1. The van der Waals surface area contributed by atoms with Crippen molar-refractivity contribution in [2.24, 2.45) is 0 Å². The van der Waals surface area contributed by atoms with Gasteiger partial charge in [0.15, 0.2) is 0 Å². The van der Waals surface area contributed by atoms with Crippen molar-refractivity contribution in [3.05, 3.63) is 0 Å². The van der Waals surface area contributed by atoms with E-state index >= 15 is 0 Å². The largest absolute Gasteiger partial charge is 0.350 e. The Morgan fingerprint density at radius 2 is 2.33 bits per heavy atom. The van der Waals surface area contributed by atoms with Crippen molar-refractivity contribution in [3.8, 4) is 0 Å². The minimum absolute atomic E-state index is 0.0844. The minimum Gasteiger partial charge on any atom is -0.350 e. The molecule has 1 saturated heterocycles.